The van der Waals surface area contributed by atoms with Crippen LogP contribution >= 0.6 is 0 Å². The summed E-state index contributed by atoms with van der Waals surface area (Å²) in [6.45, 7) is 7.12. The minimum Gasteiger partial charge on any atom is -0.479 e. The van der Waals surface area contributed by atoms with Crippen LogP contribution in [0.2, 0.25) is 0 Å². The Morgan fingerprint density at radius 1 is 1.32 bits per heavy atom. The fourth-order valence-corrected chi connectivity index (χ4v) is 1.95. The standard InChI is InChI=1S/C15H16N2O3.C2H6/c1-9-5-11-6-10(3-4-13(11)17-8-9)12(16)7-15(2,20)14(18)19;1-2/h3-6,8,16,20H,7H2,1-2H3,(H,18,19);1-2H3. The molecule has 0 spiro atoms. The number of carboxylic acid groups (broad SMARTS) is 1. The number of benzene rings is 1. The Morgan fingerprint density at radius 2 is 1.95 bits per heavy atom. The highest BCUT2D eigenvalue weighted by Crippen LogP contribution is 2.19. The third-order valence-electron chi connectivity index (χ3n) is 3.15. The van der Waals surface area contributed by atoms with Crippen LogP contribution in [0.3, 0.4) is 0 Å². The van der Waals surface area contributed by atoms with Gasteiger partial charge in [0.25, 0.3) is 0 Å². The fourth-order valence-electron chi connectivity index (χ4n) is 1.95. The van der Waals surface area contributed by atoms with Crippen LogP contribution in [0.5, 0.6) is 0 Å². The van der Waals surface area contributed by atoms with Gasteiger partial charge in [-0.25, -0.2) is 4.79 Å². The highest BCUT2D eigenvalue weighted by molar-refractivity contribution is 6.03. The second-order valence-electron chi connectivity index (χ2n) is 5.15. The van der Waals surface area contributed by atoms with Gasteiger partial charge in [0.2, 0.25) is 0 Å². The van der Waals surface area contributed by atoms with Crippen LogP contribution < -0.4 is 0 Å². The monoisotopic (exact) mass is 302 g/mol. The number of hydrogen-bond acceptors (Lipinski definition) is 4. The lowest BCUT2D eigenvalue weighted by atomic mass is 9.94. The maximum atomic E-state index is 10.9. The van der Waals surface area contributed by atoms with E-state index in [1.54, 1.807) is 24.4 Å². The number of fused-ring (bicyclic) bond motifs is 1. The first-order valence-electron chi connectivity index (χ1n) is 7.19. The molecule has 0 radical (unpaired) electrons. The first-order valence-corrected chi connectivity index (χ1v) is 7.19. The van der Waals surface area contributed by atoms with Crippen LogP contribution in [-0.2, 0) is 4.79 Å². The molecule has 0 saturated carbocycles. The van der Waals surface area contributed by atoms with Crippen molar-refractivity contribution in [1.82, 2.24) is 4.98 Å². The van der Waals surface area contributed by atoms with Crippen LogP contribution in [0.4, 0.5) is 0 Å². The summed E-state index contributed by atoms with van der Waals surface area (Å²) in [5, 5.41) is 27.5. The zero-order valence-electron chi connectivity index (χ0n) is 13.3. The molecule has 118 valence electrons. The molecule has 22 heavy (non-hydrogen) atoms. The first-order chi connectivity index (χ1) is 10.3. The lowest BCUT2D eigenvalue weighted by Gasteiger charge is -2.18. The minimum absolute atomic E-state index is 0.0841. The summed E-state index contributed by atoms with van der Waals surface area (Å²) in [5.74, 6) is -1.33. The predicted octanol–water partition coefficient (Wildman–Crippen LogP) is 3.16. The number of carbonyl (C=O) groups is 1. The second-order valence-corrected chi connectivity index (χ2v) is 5.15. The summed E-state index contributed by atoms with van der Waals surface area (Å²) in [6, 6.07) is 7.24. The topological polar surface area (TPSA) is 94.3 Å². The smallest absolute Gasteiger partial charge is 0.335 e. The Balaban J connectivity index is 0.00000116. The number of aliphatic carboxylic acids is 1. The van der Waals surface area contributed by atoms with E-state index in [0.29, 0.717) is 5.56 Å². The van der Waals surface area contributed by atoms with Crippen LogP contribution in [0.15, 0.2) is 30.5 Å². The van der Waals surface area contributed by atoms with E-state index in [1.807, 2.05) is 26.8 Å². The quantitative estimate of drug-likeness (QED) is 0.756. The molecule has 0 fully saturated rings. The summed E-state index contributed by atoms with van der Waals surface area (Å²) in [5.41, 5.74) is 0.569. The molecule has 1 aromatic heterocycles. The highest BCUT2D eigenvalue weighted by atomic mass is 16.4. The van der Waals surface area contributed by atoms with Gasteiger partial charge in [-0.05, 0) is 43.2 Å². The molecule has 5 heteroatoms. The zero-order valence-corrected chi connectivity index (χ0v) is 13.3. The van der Waals surface area contributed by atoms with Gasteiger partial charge in [0, 0.05) is 23.7 Å². The number of pyridine rings is 1. The molecule has 0 aliphatic heterocycles. The van der Waals surface area contributed by atoms with E-state index in [1.165, 1.54) is 6.92 Å². The number of aliphatic hydroxyl groups is 1. The third-order valence-corrected chi connectivity index (χ3v) is 3.15. The van der Waals surface area contributed by atoms with Crippen molar-refractivity contribution in [3.8, 4) is 0 Å². The van der Waals surface area contributed by atoms with Gasteiger partial charge in [0.15, 0.2) is 5.60 Å². The third kappa shape index (κ3) is 4.11. The van der Waals surface area contributed by atoms with Gasteiger partial charge in [0.1, 0.15) is 0 Å². The van der Waals surface area contributed by atoms with Crippen molar-refractivity contribution >= 4 is 22.6 Å². The lowest BCUT2D eigenvalue weighted by Crippen LogP contribution is -2.37. The molecule has 2 rings (SSSR count). The number of rotatable bonds is 4. The number of aryl methyl sites for hydroxylation is 1. The minimum atomic E-state index is -1.93. The molecule has 1 atom stereocenters. The van der Waals surface area contributed by atoms with E-state index in [-0.39, 0.29) is 12.1 Å². The molecular weight excluding hydrogens is 280 g/mol. The summed E-state index contributed by atoms with van der Waals surface area (Å²) >= 11 is 0. The molecule has 3 N–H and O–H groups in total. The zero-order chi connectivity index (χ0) is 16.9. The van der Waals surface area contributed by atoms with E-state index >= 15 is 0 Å². The van der Waals surface area contributed by atoms with Crippen molar-refractivity contribution in [3.05, 3.63) is 41.6 Å². The highest BCUT2D eigenvalue weighted by Gasteiger charge is 2.31. The average Bonchev–Trinajstić information content (AvgIpc) is 2.47. The average molecular weight is 302 g/mol. The Morgan fingerprint density at radius 3 is 2.55 bits per heavy atom. The van der Waals surface area contributed by atoms with E-state index < -0.39 is 11.6 Å². The van der Waals surface area contributed by atoms with Gasteiger partial charge in [-0.3, -0.25) is 4.98 Å². The van der Waals surface area contributed by atoms with Crippen LogP contribution in [-0.4, -0.2) is 32.5 Å². The molecule has 0 aliphatic rings. The Labute approximate surface area is 130 Å². The SMILES string of the molecule is CC.Cc1cnc2ccc(C(=N)CC(C)(O)C(=O)O)cc2c1. The summed E-state index contributed by atoms with van der Waals surface area (Å²) in [7, 11) is 0. The molecule has 0 saturated heterocycles. The number of carboxylic acids is 1. The number of hydrogen-bond donors (Lipinski definition) is 3. The van der Waals surface area contributed by atoms with Gasteiger partial charge < -0.3 is 15.6 Å². The summed E-state index contributed by atoms with van der Waals surface area (Å²) in [4.78, 5) is 15.2. The number of nitrogens with one attached hydrogen (secondary N) is 1. The van der Waals surface area contributed by atoms with E-state index in [4.69, 9.17) is 10.5 Å². The lowest BCUT2D eigenvalue weighted by molar-refractivity contribution is -0.155. The molecule has 1 heterocycles. The van der Waals surface area contributed by atoms with Crippen LogP contribution in [0.25, 0.3) is 10.9 Å². The van der Waals surface area contributed by atoms with Gasteiger partial charge in [-0.1, -0.05) is 19.9 Å². The molecule has 1 aromatic carbocycles. The number of nitrogens with zero attached hydrogens (tertiary/aromatic N) is 1. The van der Waals surface area contributed by atoms with Crippen molar-refractivity contribution in [2.45, 2.75) is 39.7 Å². The summed E-state index contributed by atoms with van der Waals surface area (Å²) in [6.07, 6.45) is 1.52. The van der Waals surface area contributed by atoms with Gasteiger partial charge in [-0.15, -0.1) is 0 Å². The van der Waals surface area contributed by atoms with Gasteiger partial charge in [-0.2, -0.15) is 0 Å². The largest absolute Gasteiger partial charge is 0.479 e. The van der Waals surface area contributed by atoms with E-state index in [9.17, 15) is 9.90 Å². The maximum Gasteiger partial charge on any atom is 0.335 e. The van der Waals surface area contributed by atoms with Crippen molar-refractivity contribution in [2.24, 2.45) is 0 Å². The van der Waals surface area contributed by atoms with Gasteiger partial charge in [0.05, 0.1) is 5.52 Å². The van der Waals surface area contributed by atoms with Crippen molar-refractivity contribution < 1.29 is 15.0 Å². The van der Waals surface area contributed by atoms with Gasteiger partial charge >= 0.3 is 5.97 Å². The predicted molar refractivity (Wildman–Crippen MR) is 87.5 cm³/mol. The normalized spacial score (nSPS) is 13.0. The molecular formula is C17H22N2O3. The molecule has 0 aliphatic carbocycles. The Kier molecular flexibility index (Phi) is 5.77. The van der Waals surface area contributed by atoms with Crippen molar-refractivity contribution in [2.75, 3.05) is 0 Å². The van der Waals surface area contributed by atoms with Crippen LogP contribution in [0, 0.1) is 12.3 Å². The summed E-state index contributed by atoms with van der Waals surface area (Å²) < 4.78 is 0. The van der Waals surface area contributed by atoms with Crippen molar-refractivity contribution in [3.63, 3.8) is 0 Å². The molecule has 5 nitrogen and oxygen atoms in total. The molecule has 1 unspecified atom stereocenters. The molecule has 0 amide bonds. The fraction of sp³-hybridized carbons (Fsp3) is 0.353. The van der Waals surface area contributed by atoms with E-state index in [2.05, 4.69) is 4.98 Å². The first kappa shape index (κ1) is 17.8. The maximum absolute atomic E-state index is 10.9. The molecule has 2 aromatic rings. The Bertz CT molecular complexity index is 693. The van der Waals surface area contributed by atoms with Crippen molar-refractivity contribution in [1.29, 1.82) is 5.41 Å². The van der Waals surface area contributed by atoms with E-state index in [0.717, 1.165) is 16.5 Å². The Hall–Kier alpha value is -2.27. The second kappa shape index (κ2) is 7.13. The molecule has 0 bridgehead atoms. The van der Waals surface area contributed by atoms with Crippen LogP contribution in [0.1, 0.15) is 38.3 Å². The number of aromatic nitrogens is 1.